The van der Waals surface area contributed by atoms with Crippen molar-refractivity contribution < 1.29 is 0 Å². The molecule has 3 rings (SSSR count). The molecule has 0 saturated heterocycles. The molecular formula is C30H42NP. The third-order valence-corrected chi connectivity index (χ3v) is 7.97. The molecule has 0 aliphatic heterocycles. The Morgan fingerprint density at radius 1 is 0.469 bits per heavy atom. The monoisotopic (exact) mass is 447 g/mol. The van der Waals surface area contributed by atoms with E-state index >= 15 is 0 Å². The highest BCUT2D eigenvalue weighted by molar-refractivity contribution is 7.79. The maximum atomic E-state index is 2.64. The van der Waals surface area contributed by atoms with Crippen molar-refractivity contribution in [3.8, 4) is 0 Å². The zero-order valence-corrected chi connectivity index (χ0v) is 21.3. The third kappa shape index (κ3) is 9.68. The molecule has 0 bridgehead atoms. The molecule has 32 heavy (non-hydrogen) atoms. The Morgan fingerprint density at radius 3 is 1.00 bits per heavy atom. The van der Waals surface area contributed by atoms with Crippen molar-refractivity contribution in [2.75, 3.05) is 19.6 Å². The first-order valence-corrected chi connectivity index (χ1v) is 13.8. The summed E-state index contributed by atoms with van der Waals surface area (Å²) in [7, 11) is -0.446. The fraction of sp³-hybridized carbons (Fsp3) is 0.400. The van der Waals surface area contributed by atoms with E-state index in [1.165, 1.54) is 74.1 Å². The van der Waals surface area contributed by atoms with Gasteiger partial charge in [0.2, 0.25) is 0 Å². The van der Waals surface area contributed by atoms with E-state index in [1.54, 1.807) is 0 Å². The lowest BCUT2D eigenvalue weighted by molar-refractivity contribution is 0.261. The van der Waals surface area contributed by atoms with Crippen molar-refractivity contribution in [2.45, 2.75) is 59.3 Å². The van der Waals surface area contributed by atoms with Gasteiger partial charge in [0.25, 0.3) is 0 Å². The van der Waals surface area contributed by atoms with Crippen LogP contribution >= 0.6 is 7.92 Å². The Hall–Kier alpha value is -1.95. The first kappa shape index (κ1) is 26.3. The normalized spacial score (nSPS) is 10.8. The van der Waals surface area contributed by atoms with Crippen LogP contribution in [-0.4, -0.2) is 24.5 Å². The molecule has 1 nitrogen and oxygen atoms in total. The van der Waals surface area contributed by atoms with Crippen LogP contribution in [0.1, 0.15) is 59.3 Å². The quantitative estimate of drug-likeness (QED) is 0.267. The Bertz CT molecular complexity index is 691. The van der Waals surface area contributed by atoms with Crippen LogP contribution in [0.25, 0.3) is 0 Å². The van der Waals surface area contributed by atoms with E-state index in [0.717, 1.165) is 0 Å². The predicted octanol–water partition coefficient (Wildman–Crippen LogP) is 7.13. The molecule has 0 heterocycles. The van der Waals surface area contributed by atoms with Crippen LogP contribution < -0.4 is 15.9 Å². The smallest absolute Gasteiger partial charge is 0.00188 e. The molecule has 0 spiro atoms. The summed E-state index contributed by atoms with van der Waals surface area (Å²) in [6.45, 7) is 10.8. The van der Waals surface area contributed by atoms with Crippen LogP contribution in [0.4, 0.5) is 0 Å². The standard InChI is InChI=1S/C18H15P.C12H27N/c1-4-10-16(11-5-1)19(17-12-6-2-7-13-17)18-14-8-3-9-15-18;1-4-7-10-13(11-8-5-2)12-9-6-3/h1-15H;4-12H2,1-3H3. The highest BCUT2D eigenvalue weighted by Crippen LogP contribution is 2.32. The fourth-order valence-electron chi connectivity index (χ4n) is 3.66. The van der Waals surface area contributed by atoms with E-state index in [9.17, 15) is 0 Å². The number of unbranched alkanes of at least 4 members (excludes halogenated alkanes) is 3. The summed E-state index contributed by atoms with van der Waals surface area (Å²) in [5.74, 6) is 0. The van der Waals surface area contributed by atoms with Gasteiger partial charge in [-0.1, -0.05) is 131 Å². The van der Waals surface area contributed by atoms with E-state index in [2.05, 4.69) is 117 Å². The first-order valence-electron chi connectivity index (χ1n) is 12.5. The van der Waals surface area contributed by atoms with E-state index in [-0.39, 0.29) is 0 Å². The largest absolute Gasteiger partial charge is 0.303 e. The van der Waals surface area contributed by atoms with Crippen LogP contribution in [0.5, 0.6) is 0 Å². The second-order valence-electron chi connectivity index (χ2n) is 8.24. The summed E-state index contributed by atoms with van der Waals surface area (Å²) >= 11 is 0. The van der Waals surface area contributed by atoms with Crippen molar-refractivity contribution in [2.24, 2.45) is 0 Å². The third-order valence-electron chi connectivity index (χ3n) is 5.53. The van der Waals surface area contributed by atoms with Crippen molar-refractivity contribution in [3.63, 3.8) is 0 Å². The summed E-state index contributed by atoms with van der Waals surface area (Å²) in [5.41, 5.74) is 0. The van der Waals surface area contributed by atoms with Crippen LogP contribution in [-0.2, 0) is 0 Å². The number of hydrogen-bond acceptors (Lipinski definition) is 1. The average Bonchev–Trinajstić information content (AvgIpc) is 2.86. The van der Waals surface area contributed by atoms with Gasteiger partial charge in [-0.05, 0) is 62.7 Å². The minimum absolute atomic E-state index is 0.446. The minimum Gasteiger partial charge on any atom is -0.303 e. The Balaban J connectivity index is 0.000000247. The molecule has 0 aliphatic carbocycles. The van der Waals surface area contributed by atoms with Gasteiger partial charge in [-0.25, -0.2) is 0 Å². The Kier molecular flexibility index (Phi) is 13.7. The molecule has 0 fully saturated rings. The summed E-state index contributed by atoms with van der Waals surface area (Å²) in [6.07, 6.45) is 8.09. The van der Waals surface area contributed by atoms with Crippen LogP contribution in [0.3, 0.4) is 0 Å². The van der Waals surface area contributed by atoms with E-state index in [4.69, 9.17) is 0 Å². The molecule has 172 valence electrons. The van der Waals surface area contributed by atoms with Gasteiger partial charge in [0.1, 0.15) is 0 Å². The number of hydrogen-bond donors (Lipinski definition) is 0. The topological polar surface area (TPSA) is 3.24 Å². The number of rotatable bonds is 12. The average molecular weight is 448 g/mol. The molecule has 2 heteroatoms. The molecule has 0 saturated carbocycles. The van der Waals surface area contributed by atoms with Crippen molar-refractivity contribution in [1.82, 2.24) is 4.90 Å². The molecule has 3 aromatic carbocycles. The summed E-state index contributed by atoms with van der Waals surface area (Å²) in [4.78, 5) is 2.64. The Labute approximate surface area is 198 Å². The second-order valence-corrected chi connectivity index (χ2v) is 10.5. The van der Waals surface area contributed by atoms with Crippen molar-refractivity contribution in [3.05, 3.63) is 91.0 Å². The highest BCUT2D eigenvalue weighted by Gasteiger charge is 2.15. The lowest BCUT2D eigenvalue weighted by Crippen LogP contribution is -2.27. The van der Waals surface area contributed by atoms with Crippen molar-refractivity contribution in [1.29, 1.82) is 0 Å². The van der Waals surface area contributed by atoms with Crippen LogP contribution in [0, 0.1) is 0 Å². The fourth-order valence-corrected chi connectivity index (χ4v) is 5.96. The molecule has 0 aromatic heterocycles. The minimum atomic E-state index is -0.446. The molecule has 0 atom stereocenters. The highest BCUT2D eigenvalue weighted by atomic mass is 31.1. The van der Waals surface area contributed by atoms with Gasteiger partial charge in [0.05, 0.1) is 0 Å². The summed E-state index contributed by atoms with van der Waals surface area (Å²) in [5, 5.41) is 4.19. The molecule has 0 amide bonds. The number of nitrogens with zero attached hydrogens (tertiary/aromatic N) is 1. The van der Waals surface area contributed by atoms with E-state index < -0.39 is 7.92 Å². The second kappa shape index (κ2) is 16.7. The zero-order valence-electron chi connectivity index (χ0n) is 20.4. The SMILES string of the molecule is CCCCN(CCCC)CCCC.c1ccc(P(c2ccccc2)c2ccccc2)cc1. The van der Waals surface area contributed by atoms with Gasteiger partial charge in [-0.2, -0.15) is 0 Å². The zero-order chi connectivity index (χ0) is 22.9. The van der Waals surface area contributed by atoms with Gasteiger partial charge in [0.15, 0.2) is 0 Å². The molecule has 3 aromatic rings. The van der Waals surface area contributed by atoms with Gasteiger partial charge >= 0.3 is 0 Å². The van der Waals surface area contributed by atoms with E-state index in [0.29, 0.717) is 0 Å². The van der Waals surface area contributed by atoms with Crippen LogP contribution in [0.2, 0.25) is 0 Å². The van der Waals surface area contributed by atoms with E-state index in [1.807, 2.05) is 0 Å². The lowest BCUT2D eigenvalue weighted by atomic mass is 10.2. The first-order chi connectivity index (χ1) is 15.8. The Morgan fingerprint density at radius 2 is 0.750 bits per heavy atom. The van der Waals surface area contributed by atoms with Gasteiger partial charge in [0, 0.05) is 0 Å². The van der Waals surface area contributed by atoms with Crippen molar-refractivity contribution >= 4 is 23.8 Å². The van der Waals surface area contributed by atoms with Gasteiger partial charge in [-0.15, -0.1) is 0 Å². The summed E-state index contributed by atoms with van der Waals surface area (Å²) in [6, 6.07) is 32.3. The summed E-state index contributed by atoms with van der Waals surface area (Å²) < 4.78 is 0. The molecule has 0 N–H and O–H groups in total. The lowest BCUT2D eigenvalue weighted by Gasteiger charge is -2.21. The van der Waals surface area contributed by atoms with Gasteiger partial charge in [-0.3, -0.25) is 0 Å². The van der Waals surface area contributed by atoms with Gasteiger partial charge < -0.3 is 4.90 Å². The maximum Gasteiger partial charge on any atom is -0.00188 e. The van der Waals surface area contributed by atoms with Crippen LogP contribution in [0.15, 0.2) is 91.0 Å². The molecule has 0 radical (unpaired) electrons. The molecular weight excluding hydrogens is 405 g/mol. The predicted molar refractivity (Wildman–Crippen MR) is 146 cm³/mol. The molecule has 0 aliphatic rings. The number of benzene rings is 3. The molecule has 0 unspecified atom stereocenters. The maximum absolute atomic E-state index is 2.64.